The van der Waals surface area contributed by atoms with Crippen molar-refractivity contribution in [2.45, 2.75) is 31.8 Å². The second kappa shape index (κ2) is 6.08. The van der Waals surface area contributed by atoms with Crippen molar-refractivity contribution in [2.75, 3.05) is 11.5 Å². The molecule has 1 N–H and O–H groups in total. The largest absolute Gasteiger partial charge is 0.353 e. The number of carbonyl (C=O) groups excluding carboxylic acids is 1. The Hall–Kier alpha value is -1.89. The smallest absolute Gasteiger partial charge is 0.222 e. The fourth-order valence-corrected chi connectivity index (χ4v) is 4.24. The molecule has 118 valence electrons. The molecule has 6 nitrogen and oxygen atoms in total. The molecule has 2 heterocycles. The maximum Gasteiger partial charge on any atom is 0.222 e. The van der Waals surface area contributed by atoms with Crippen molar-refractivity contribution >= 4 is 26.8 Å². The van der Waals surface area contributed by atoms with Crippen LogP contribution in [0.25, 0.3) is 11.0 Å². The molecular weight excluding hydrogens is 302 g/mol. The van der Waals surface area contributed by atoms with E-state index in [1.165, 1.54) is 0 Å². The summed E-state index contributed by atoms with van der Waals surface area (Å²) in [7, 11) is -2.89. The molecule has 0 atom stereocenters. The predicted octanol–water partition coefficient (Wildman–Crippen LogP) is 1.12. The number of nitrogens with one attached hydrogen (secondary N) is 1. The van der Waals surface area contributed by atoms with E-state index in [2.05, 4.69) is 10.3 Å². The van der Waals surface area contributed by atoms with Crippen LogP contribution in [0.2, 0.25) is 0 Å². The van der Waals surface area contributed by atoms with E-state index in [-0.39, 0.29) is 23.5 Å². The van der Waals surface area contributed by atoms with Gasteiger partial charge in [-0.1, -0.05) is 12.1 Å². The molecule has 0 aliphatic carbocycles. The summed E-state index contributed by atoms with van der Waals surface area (Å²) >= 11 is 0. The molecule has 7 heteroatoms. The van der Waals surface area contributed by atoms with Crippen LogP contribution in [-0.2, 0) is 21.2 Å². The SMILES string of the molecule is O=C(CCn1cnc2ccccc21)NC1CCS(=O)(=O)CC1. The average molecular weight is 321 g/mol. The van der Waals surface area contributed by atoms with Gasteiger partial charge in [0, 0.05) is 19.0 Å². The zero-order chi connectivity index (χ0) is 15.6. The molecule has 1 aliphatic rings. The Morgan fingerprint density at radius 2 is 2.00 bits per heavy atom. The summed E-state index contributed by atoms with van der Waals surface area (Å²) < 4.78 is 24.7. The number of aryl methyl sites for hydroxylation is 1. The number of para-hydroxylation sites is 2. The van der Waals surface area contributed by atoms with Crippen molar-refractivity contribution in [1.82, 2.24) is 14.9 Å². The fourth-order valence-electron chi connectivity index (χ4n) is 2.74. The number of rotatable bonds is 4. The summed E-state index contributed by atoms with van der Waals surface area (Å²) in [6.45, 7) is 0.567. The standard InChI is InChI=1S/C15H19N3O3S/c19-15(17-12-6-9-22(20,21)10-7-12)5-8-18-11-16-13-3-1-2-4-14(13)18/h1-4,11-12H,5-10H2,(H,17,19). The zero-order valence-corrected chi connectivity index (χ0v) is 13.1. The van der Waals surface area contributed by atoms with Crippen LogP contribution in [0.5, 0.6) is 0 Å². The van der Waals surface area contributed by atoms with Gasteiger partial charge in [0.2, 0.25) is 5.91 Å². The van der Waals surface area contributed by atoms with Crippen LogP contribution >= 0.6 is 0 Å². The molecule has 1 saturated heterocycles. The normalized spacial score (nSPS) is 18.4. The second-order valence-corrected chi connectivity index (χ2v) is 7.97. The lowest BCUT2D eigenvalue weighted by molar-refractivity contribution is -0.122. The Kier molecular flexibility index (Phi) is 4.15. The summed E-state index contributed by atoms with van der Waals surface area (Å²) in [4.78, 5) is 16.3. The van der Waals surface area contributed by atoms with E-state index in [1.54, 1.807) is 6.33 Å². The third-order valence-corrected chi connectivity index (χ3v) is 5.74. The Morgan fingerprint density at radius 1 is 1.27 bits per heavy atom. The number of hydrogen-bond donors (Lipinski definition) is 1. The highest BCUT2D eigenvalue weighted by Gasteiger charge is 2.24. The van der Waals surface area contributed by atoms with Crippen molar-refractivity contribution in [1.29, 1.82) is 0 Å². The van der Waals surface area contributed by atoms with Crippen molar-refractivity contribution in [3.8, 4) is 0 Å². The van der Waals surface area contributed by atoms with Gasteiger partial charge in [0.1, 0.15) is 9.84 Å². The number of carbonyl (C=O) groups is 1. The highest BCUT2D eigenvalue weighted by molar-refractivity contribution is 7.91. The summed E-state index contributed by atoms with van der Waals surface area (Å²) in [6.07, 6.45) is 3.14. The summed E-state index contributed by atoms with van der Waals surface area (Å²) in [5.41, 5.74) is 1.93. The number of amides is 1. The molecular formula is C15H19N3O3S. The van der Waals surface area contributed by atoms with Gasteiger partial charge in [-0.25, -0.2) is 13.4 Å². The van der Waals surface area contributed by atoms with Crippen molar-refractivity contribution < 1.29 is 13.2 Å². The number of hydrogen-bond acceptors (Lipinski definition) is 4. The first-order chi connectivity index (χ1) is 10.5. The Balaban J connectivity index is 1.52. The van der Waals surface area contributed by atoms with Crippen LogP contribution in [0.3, 0.4) is 0 Å². The lowest BCUT2D eigenvalue weighted by atomic mass is 10.1. The van der Waals surface area contributed by atoms with Gasteiger partial charge in [0.15, 0.2) is 0 Å². The molecule has 22 heavy (non-hydrogen) atoms. The number of benzene rings is 1. The molecule has 1 amide bonds. The molecule has 1 aromatic carbocycles. The van der Waals surface area contributed by atoms with Gasteiger partial charge in [-0.2, -0.15) is 0 Å². The van der Waals surface area contributed by atoms with Gasteiger partial charge in [-0.05, 0) is 25.0 Å². The molecule has 0 unspecified atom stereocenters. The van der Waals surface area contributed by atoms with E-state index in [1.807, 2.05) is 28.8 Å². The van der Waals surface area contributed by atoms with Gasteiger partial charge >= 0.3 is 0 Å². The minimum absolute atomic E-state index is 0.0180. The molecule has 1 fully saturated rings. The van der Waals surface area contributed by atoms with Crippen LogP contribution < -0.4 is 5.32 Å². The highest BCUT2D eigenvalue weighted by atomic mass is 32.2. The maximum absolute atomic E-state index is 12.0. The summed E-state index contributed by atoms with van der Waals surface area (Å²) in [5.74, 6) is 0.302. The first-order valence-electron chi connectivity index (χ1n) is 7.43. The number of aromatic nitrogens is 2. The lowest BCUT2D eigenvalue weighted by Gasteiger charge is -2.23. The van der Waals surface area contributed by atoms with Crippen LogP contribution in [0.4, 0.5) is 0 Å². The molecule has 1 aromatic heterocycles. The van der Waals surface area contributed by atoms with Crippen molar-refractivity contribution in [3.05, 3.63) is 30.6 Å². The Morgan fingerprint density at radius 3 is 2.77 bits per heavy atom. The van der Waals surface area contributed by atoms with E-state index in [0.717, 1.165) is 11.0 Å². The molecule has 3 rings (SSSR count). The quantitative estimate of drug-likeness (QED) is 0.915. The lowest BCUT2D eigenvalue weighted by Crippen LogP contribution is -2.41. The van der Waals surface area contributed by atoms with Crippen LogP contribution in [0.1, 0.15) is 19.3 Å². The van der Waals surface area contributed by atoms with Gasteiger partial charge in [0.05, 0.1) is 28.9 Å². The van der Waals surface area contributed by atoms with E-state index >= 15 is 0 Å². The van der Waals surface area contributed by atoms with Gasteiger partial charge in [-0.3, -0.25) is 4.79 Å². The van der Waals surface area contributed by atoms with Gasteiger partial charge in [-0.15, -0.1) is 0 Å². The maximum atomic E-state index is 12.0. The number of fused-ring (bicyclic) bond motifs is 1. The van der Waals surface area contributed by atoms with E-state index in [4.69, 9.17) is 0 Å². The van der Waals surface area contributed by atoms with Gasteiger partial charge in [0.25, 0.3) is 0 Å². The molecule has 1 aliphatic heterocycles. The zero-order valence-electron chi connectivity index (χ0n) is 12.2. The highest BCUT2D eigenvalue weighted by Crippen LogP contribution is 2.14. The van der Waals surface area contributed by atoms with Crippen LogP contribution in [-0.4, -0.2) is 41.4 Å². The van der Waals surface area contributed by atoms with Crippen LogP contribution in [0.15, 0.2) is 30.6 Å². The minimum atomic E-state index is -2.89. The Labute approximate surface area is 129 Å². The molecule has 0 bridgehead atoms. The van der Waals surface area contributed by atoms with E-state index in [9.17, 15) is 13.2 Å². The van der Waals surface area contributed by atoms with Crippen molar-refractivity contribution in [3.63, 3.8) is 0 Å². The molecule has 0 radical (unpaired) electrons. The van der Waals surface area contributed by atoms with E-state index in [0.29, 0.717) is 25.8 Å². The number of sulfone groups is 1. The predicted molar refractivity (Wildman–Crippen MR) is 84.2 cm³/mol. The second-order valence-electron chi connectivity index (χ2n) is 5.67. The topological polar surface area (TPSA) is 81.1 Å². The van der Waals surface area contributed by atoms with Crippen LogP contribution in [0, 0.1) is 0 Å². The molecule has 0 spiro atoms. The summed E-state index contributed by atoms with van der Waals surface area (Å²) in [6, 6.07) is 7.78. The minimum Gasteiger partial charge on any atom is -0.353 e. The third-order valence-electron chi connectivity index (χ3n) is 4.03. The molecule has 0 saturated carbocycles. The third kappa shape index (κ3) is 3.47. The summed E-state index contributed by atoms with van der Waals surface area (Å²) in [5, 5.41) is 2.93. The number of nitrogens with zero attached hydrogens (tertiary/aromatic N) is 2. The van der Waals surface area contributed by atoms with Gasteiger partial charge < -0.3 is 9.88 Å². The number of imidazole rings is 1. The van der Waals surface area contributed by atoms with E-state index < -0.39 is 9.84 Å². The first kappa shape index (κ1) is 15.0. The van der Waals surface area contributed by atoms with Crippen molar-refractivity contribution in [2.24, 2.45) is 0 Å². The Bertz CT molecular complexity index is 768. The monoisotopic (exact) mass is 321 g/mol. The first-order valence-corrected chi connectivity index (χ1v) is 9.25. The molecule has 2 aromatic rings. The average Bonchev–Trinajstić information content (AvgIpc) is 2.91. The fraction of sp³-hybridized carbons (Fsp3) is 0.467.